The van der Waals surface area contributed by atoms with Crippen molar-refractivity contribution in [2.45, 2.75) is 0 Å². The average Bonchev–Trinajstić information content (AvgIpc) is 1.00. The lowest BCUT2D eigenvalue weighted by Crippen LogP contribution is -0.569. The van der Waals surface area contributed by atoms with Gasteiger partial charge in [0.25, 0.3) is 0 Å². The Morgan fingerprint density at radius 1 is 1.00 bits per heavy atom. The van der Waals surface area contributed by atoms with Gasteiger partial charge in [-0.2, -0.15) is 0 Å². The summed E-state index contributed by atoms with van der Waals surface area (Å²) in [5, 5.41) is 6.50. The van der Waals surface area contributed by atoms with Crippen LogP contribution in [0.1, 0.15) is 0 Å². The second kappa shape index (κ2) is 58.2. The zero-order valence-corrected chi connectivity index (χ0v) is 2.42. The van der Waals surface area contributed by atoms with Gasteiger partial charge in [-0.25, -0.2) is 5.26 Å². The largest absolute Gasteiger partial charge is 0.269 e. The van der Waals surface area contributed by atoms with Crippen LogP contribution in [-0.4, -0.2) is 8.41 Å². The first-order valence-electron chi connectivity index (χ1n) is 0.258. The van der Waals surface area contributed by atoms with Crippen LogP contribution in [0.15, 0.2) is 0 Å². The van der Waals surface area contributed by atoms with Gasteiger partial charge in [-0.1, -0.05) is 0 Å². The number of halogens is 2. The molecule has 0 bridgehead atoms. The topological polar surface area (TPSA) is 23.8 Å². The second-order valence-electron chi connectivity index (χ2n) is 0. The highest BCUT2D eigenvalue weighted by atomic mass is 19.0. The van der Waals surface area contributed by atoms with E-state index in [2.05, 4.69) is 6.57 Å². The maximum Gasteiger partial charge on any atom is 0.0462 e. The van der Waals surface area contributed by atoms with Gasteiger partial charge < -0.3 is 0 Å². The normalized spacial score (nSPS) is 0.400. The van der Waals surface area contributed by atoms with E-state index in [-0.39, 0.29) is 17.8 Å². The summed E-state index contributed by atoms with van der Waals surface area (Å²) >= 11 is 0. The minimum absolute atomic E-state index is 0. The summed E-state index contributed by atoms with van der Waals surface area (Å²) in [6.07, 6.45) is 0. The first kappa shape index (κ1) is 299. The fourth-order valence-corrected chi connectivity index (χ4v) is 0. The molecule has 0 heterocycles. The third-order valence-corrected chi connectivity index (χ3v) is 0. The van der Waals surface area contributed by atoms with Gasteiger partial charge in [-0.3, -0.25) is 9.41 Å². The molecular formula is CH3BF2N. The van der Waals surface area contributed by atoms with Crippen LogP contribution in [0, 0.1) is 11.8 Å². The summed E-state index contributed by atoms with van der Waals surface area (Å²) in [6, 6.07) is 0. The predicted molar refractivity (Wildman–Crippen MR) is 17.4 cm³/mol. The average molecular weight is 77.8 g/mol. The minimum Gasteiger partial charge on any atom is -0.269 e. The van der Waals surface area contributed by atoms with Gasteiger partial charge in [0.2, 0.25) is 0 Å². The van der Waals surface area contributed by atoms with Gasteiger partial charge in [0.05, 0.1) is 0 Å². The van der Waals surface area contributed by atoms with E-state index < -0.39 is 0 Å². The van der Waals surface area contributed by atoms with Crippen molar-refractivity contribution >= 4 is 8.41 Å². The Morgan fingerprint density at radius 2 is 1.00 bits per heavy atom. The van der Waals surface area contributed by atoms with Crippen molar-refractivity contribution in [3.63, 3.8) is 0 Å². The highest BCUT2D eigenvalue weighted by Crippen LogP contribution is 0.586. The lowest BCUT2D eigenvalue weighted by atomic mass is 10.8. The van der Waals surface area contributed by atoms with E-state index in [0.717, 1.165) is 0 Å². The monoisotopic (exact) mass is 78.0 g/mol. The molecule has 29 valence electrons. The summed E-state index contributed by atoms with van der Waals surface area (Å²) in [5.74, 6) is 0. The molecule has 0 fully saturated rings. The van der Waals surface area contributed by atoms with Crippen LogP contribution in [0.25, 0.3) is 0 Å². The van der Waals surface area contributed by atoms with Crippen molar-refractivity contribution in [1.29, 1.82) is 5.26 Å². The molecule has 0 aliphatic carbocycles. The van der Waals surface area contributed by atoms with Crippen molar-refractivity contribution in [2.75, 3.05) is 0 Å². The summed E-state index contributed by atoms with van der Waals surface area (Å²) in [5.41, 5.74) is 0. The molecule has 0 aromatic heterocycles. The van der Waals surface area contributed by atoms with Crippen LogP contribution < -0.4 is 0 Å². The molecule has 0 aromatic carbocycles. The third-order valence-electron chi connectivity index (χ3n) is 0. The summed E-state index contributed by atoms with van der Waals surface area (Å²) in [4.78, 5) is 0. The molecule has 0 saturated heterocycles. The molecule has 0 aliphatic rings. The zero-order valence-electron chi connectivity index (χ0n) is 2.42. The van der Waals surface area contributed by atoms with E-state index in [0.29, 0.717) is 0 Å². The van der Waals surface area contributed by atoms with Gasteiger partial charge in [0.15, 0.2) is 0 Å². The molecule has 0 aliphatic heterocycles. The first-order chi connectivity index (χ1) is 1.00. The molecule has 3 radical (unpaired) electrons. The van der Waals surface area contributed by atoms with Crippen LogP contribution in [0.5, 0.6) is 0 Å². The fourth-order valence-electron chi connectivity index (χ4n) is 0. The van der Waals surface area contributed by atoms with Crippen molar-refractivity contribution in [2.24, 2.45) is 0 Å². The highest BCUT2D eigenvalue weighted by molar-refractivity contribution is 5.75. The number of nitrogens with zero attached hydrogens (tertiary/aromatic N) is 1. The Labute approximate surface area is 30.9 Å². The lowest BCUT2D eigenvalue weighted by molar-refractivity contribution is 1.11. The van der Waals surface area contributed by atoms with Crippen molar-refractivity contribution in [3.8, 4) is 6.57 Å². The number of rotatable bonds is 0. The number of hydrogen-bond acceptors (Lipinski definition) is 1. The van der Waals surface area contributed by atoms with Crippen LogP contribution >= 0.6 is 0 Å². The zero-order chi connectivity index (χ0) is 2.00. The van der Waals surface area contributed by atoms with Crippen molar-refractivity contribution in [1.82, 2.24) is 0 Å². The van der Waals surface area contributed by atoms with Gasteiger partial charge in [0, 0.05) is 15.0 Å². The van der Waals surface area contributed by atoms with Crippen molar-refractivity contribution < 1.29 is 9.41 Å². The van der Waals surface area contributed by atoms with Crippen LogP contribution in [0.2, 0.25) is 0 Å². The fraction of sp³-hybridized carbons (Fsp3) is 0. The Kier molecular flexibility index (Phi) is 3480. The molecule has 0 atom stereocenters. The number of nitriles is 1. The number of hydrogen-bond donors (Lipinski definition) is 0. The summed E-state index contributed by atoms with van der Waals surface area (Å²) < 4.78 is 0. The molecule has 0 unspecified atom stereocenters. The summed E-state index contributed by atoms with van der Waals surface area (Å²) in [7, 11) is 0. The molecule has 0 aromatic rings. The Balaban J connectivity index is -0.00000000167. The van der Waals surface area contributed by atoms with Crippen LogP contribution in [-0.2, 0) is 0 Å². The van der Waals surface area contributed by atoms with Gasteiger partial charge in [0.1, 0.15) is 0 Å². The highest BCUT2D eigenvalue weighted by Gasteiger charge is 0.513. The Bertz CT molecular complexity index is 14.4. The standard InChI is InChI=1S/CHN.B.2FH/c1-2;;;/h1H;;2*1H. The quantitative estimate of drug-likeness (QED) is 0.376. The van der Waals surface area contributed by atoms with Gasteiger partial charge in [-0.15, -0.1) is 0 Å². The first-order valence-corrected chi connectivity index (χ1v) is 0.258. The molecule has 4 heteroatoms. The van der Waals surface area contributed by atoms with Crippen LogP contribution in [0.3, 0.4) is 0 Å². The Morgan fingerprint density at radius 3 is 1.00 bits per heavy atom. The molecule has 0 spiro atoms. The maximum atomic E-state index is 6.50. The lowest BCUT2D eigenvalue weighted by Gasteiger charge is -0.668. The molecule has 0 saturated carbocycles. The van der Waals surface area contributed by atoms with E-state index in [1.165, 1.54) is 0 Å². The Hall–Kier alpha value is -0.585. The van der Waals surface area contributed by atoms with E-state index >= 15 is 0 Å². The SMILES string of the molecule is C#N.F.F.[B]. The van der Waals surface area contributed by atoms with E-state index in [4.69, 9.17) is 5.26 Å². The molecule has 0 rings (SSSR count). The molecule has 0 amide bonds. The molecule has 1 nitrogen and oxygen atoms in total. The molecule has 5 heavy (non-hydrogen) atoms. The summed E-state index contributed by atoms with van der Waals surface area (Å²) in [6.45, 7) is 3.50. The van der Waals surface area contributed by atoms with Gasteiger partial charge in [-0.05, 0) is 0 Å². The predicted octanol–water partition coefficient (Wildman–Crippen LogP) is 0.0640. The van der Waals surface area contributed by atoms with Gasteiger partial charge >= 0.3 is 0 Å². The van der Waals surface area contributed by atoms with Crippen LogP contribution in [0.4, 0.5) is 9.41 Å². The van der Waals surface area contributed by atoms with Crippen molar-refractivity contribution in [3.05, 3.63) is 0 Å². The van der Waals surface area contributed by atoms with E-state index in [1.54, 1.807) is 0 Å². The third kappa shape index (κ3) is 20.0. The maximum absolute atomic E-state index is 6.50. The minimum atomic E-state index is 0. The smallest absolute Gasteiger partial charge is 0.0462 e. The second-order valence-corrected chi connectivity index (χ2v) is 0. The van der Waals surface area contributed by atoms with E-state index in [9.17, 15) is 0 Å². The van der Waals surface area contributed by atoms with E-state index in [1.807, 2.05) is 0 Å². The molecule has 0 N–H and O–H groups in total. The molecular weight excluding hydrogens is 74.8 g/mol.